The van der Waals surface area contributed by atoms with Crippen LogP contribution in [0.5, 0.6) is 0 Å². The van der Waals surface area contributed by atoms with E-state index in [1.807, 2.05) is 0 Å². The van der Waals surface area contributed by atoms with E-state index in [0.717, 1.165) is 29.6 Å². The lowest BCUT2D eigenvalue weighted by Crippen LogP contribution is -2.67. The Balaban J connectivity index is 1.39. The van der Waals surface area contributed by atoms with Crippen molar-refractivity contribution in [3.63, 3.8) is 0 Å². The Morgan fingerprint density at radius 1 is 0.889 bits per heavy atom. The van der Waals surface area contributed by atoms with E-state index in [1.54, 1.807) is 0 Å². The summed E-state index contributed by atoms with van der Waals surface area (Å²) in [6.07, 6.45) is 11.6. The van der Waals surface area contributed by atoms with Crippen LogP contribution in [0.1, 0.15) is 65.7 Å². The molecule has 0 bridgehead atoms. The lowest BCUT2D eigenvalue weighted by molar-refractivity contribution is -0.150. The van der Waals surface area contributed by atoms with Crippen LogP contribution in [-0.2, 0) is 4.74 Å². The third-order valence-electron chi connectivity index (χ3n) is 10.8. The average Bonchev–Trinajstić information content (AvgIpc) is 3.34. The Labute approximate surface area is 166 Å². The predicted molar refractivity (Wildman–Crippen MR) is 109 cm³/mol. The van der Waals surface area contributed by atoms with Gasteiger partial charge in [0.1, 0.15) is 6.10 Å². The molecule has 4 aliphatic carbocycles. The van der Waals surface area contributed by atoms with Gasteiger partial charge in [-0.1, -0.05) is 27.2 Å². The van der Waals surface area contributed by atoms with Crippen molar-refractivity contribution in [1.82, 2.24) is 10.2 Å². The van der Waals surface area contributed by atoms with Crippen molar-refractivity contribution in [2.24, 2.45) is 40.4 Å². The first kappa shape index (κ1) is 17.7. The summed E-state index contributed by atoms with van der Waals surface area (Å²) < 4.78 is 6.44. The topological polar surface area (TPSA) is 27.8 Å². The molecule has 3 heteroatoms. The minimum absolute atomic E-state index is 0.473. The van der Waals surface area contributed by atoms with Gasteiger partial charge in [-0.2, -0.15) is 0 Å². The highest BCUT2D eigenvalue weighted by molar-refractivity contribution is 5.19. The molecule has 4 saturated carbocycles. The summed E-state index contributed by atoms with van der Waals surface area (Å²) in [6.45, 7) is 12.7. The molecule has 2 saturated heterocycles. The van der Waals surface area contributed by atoms with Crippen molar-refractivity contribution in [2.75, 3.05) is 26.2 Å². The molecule has 152 valence electrons. The Morgan fingerprint density at radius 2 is 1.70 bits per heavy atom. The molecular weight excluding hydrogens is 332 g/mol. The van der Waals surface area contributed by atoms with Crippen molar-refractivity contribution in [3.8, 4) is 0 Å². The molecule has 6 rings (SSSR count). The van der Waals surface area contributed by atoms with Gasteiger partial charge in [-0.05, 0) is 78.9 Å². The molecule has 0 radical (unpaired) electrons. The first-order chi connectivity index (χ1) is 13.0. The highest BCUT2D eigenvalue weighted by Crippen LogP contribution is 2.69. The quantitative estimate of drug-likeness (QED) is 0.707. The third kappa shape index (κ3) is 2.31. The maximum atomic E-state index is 6.44. The number of epoxide rings is 1. The van der Waals surface area contributed by atoms with E-state index in [9.17, 15) is 0 Å². The lowest BCUT2D eigenvalue weighted by atomic mass is 9.42. The second kappa shape index (κ2) is 5.95. The van der Waals surface area contributed by atoms with E-state index < -0.39 is 0 Å². The molecular formula is C24H40N2O. The van der Waals surface area contributed by atoms with E-state index in [-0.39, 0.29) is 0 Å². The van der Waals surface area contributed by atoms with E-state index >= 15 is 0 Å². The monoisotopic (exact) mass is 372 g/mol. The molecule has 8 unspecified atom stereocenters. The van der Waals surface area contributed by atoms with Crippen LogP contribution in [0.4, 0.5) is 0 Å². The molecule has 0 aromatic carbocycles. The van der Waals surface area contributed by atoms with E-state index in [0.29, 0.717) is 29.1 Å². The largest absolute Gasteiger partial charge is 0.368 e. The van der Waals surface area contributed by atoms with Crippen LogP contribution < -0.4 is 5.32 Å². The molecule has 6 aliphatic rings. The molecule has 0 spiro atoms. The summed E-state index contributed by atoms with van der Waals surface area (Å²) in [5.74, 6) is 4.62. The molecule has 0 aromatic heterocycles. The van der Waals surface area contributed by atoms with Crippen LogP contribution in [-0.4, -0.2) is 49.3 Å². The van der Waals surface area contributed by atoms with Crippen LogP contribution in [0.15, 0.2) is 0 Å². The minimum atomic E-state index is 0.473. The summed E-state index contributed by atoms with van der Waals surface area (Å²) in [5, 5.41) is 3.58. The van der Waals surface area contributed by atoms with E-state index in [2.05, 4.69) is 31.0 Å². The maximum Gasteiger partial charge on any atom is 0.100 e. The first-order valence-corrected chi connectivity index (χ1v) is 12.1. The van der Waals surface area contributed by atoms with Crippen LogP contribution in [0, 0.1) is 40.4 Å². The summed E-state index contributed by atoms with van der Waals surface area (Å²) in [7, 11) is 0. The number of rotatable bonds is 1. The molecule has 10 atom stereocenters. The van der Waals surface area contributed by atoms with Gasteiger partial charge in [0.2, 0.25) is 0 Å². The van der Waals surface area contributed by atoms with Gasteiger partial charge in [-0.25, -0.2) is 0 Å². The van der Waals surface area contributed by atoms with Gasteiger partial charge in [-0.15, -0.1) is 0 Å². The number of ether oxygens (including phenoxy) is 1. The summed E-state index contributed by atoms with van der Waals surface area (Å²) in [4.78, 5) is 2.87. The van der Waals surface area contributed by atoms with Crippen LogP contribution in [0.2, 0.25) is 0 Å². The van der Waals surface area contributed by atoms with Crippen LogP contribution >= 0.6 is 0 Å². The molecule has 0 amide bonds. The third-order valence-corrected chi connectivity index (χ3v) is 10.8. The lowest BCUT2D eigenvalue weighted by Gasteiger charge is -2.64. The molecule has 3 nitrogen and oxygen atoms in total. The van der Waals surface area contributed by atoms with Gasteiger partial charge in [0.15, 0.2) is 0 Å². The van der Waals surface area contributed by atoms with Crippen LogP contribution in [0.3, 0.4) is 0 Å². The number of fused-ring (bicyclic) bond motifs is 6. The maximum absolute atomic E-state index is 6.44. The SMILES string of the molecule is CC1C2OC2C(N2CCNCC2)[C@@]2(C)C1CCC1C3CCC[C@@]3(C)CCC12. The Kier molecular flexibility index (Phi) is 3.91. The fraction of sp³-hybridized carbons (Fsp3) is 1.00. The summed E-state index contributed by atoms with van der Waals surface area (Å²) in [6, 6.07) is 0.685. The molecule has 27 heavy (non-hydrogen) atoms. The Morgan fingerprint density at radius 3 is 2.52 bits per heavy atom. The highest BCUT2D eigenvalue weighted by Gasteiger charge is 2.70. The number of piperazine rings is 1. The highest BCUT2D eigenvalue weighted by atomic mass is 16.6. The second-order valence-corrected chi connectivity index (χ2v) is 11.7. The molecule has 1 N–H and O–H groups in total. The van der Waals surface area contributed by atoms with Crippen molar-refractivity contribution < 1.29 is 4.74 Å². The number of hydrogen-bond acceptors (Lipinski definition) is 3. The molecule has 0 aromatic rings. The Hall–Kier alpha value is -0.120. The minimum Gasteiger partial charge on any atom is -0.368 e. The standard InChI is InChI=1S/C24H40N2O/c1-15-17-7-6-16-18-5-4-9-23(18,2)10-8-19(16)24(17,3)22(21-20(15)27-21)26-13-11-25-12-14-26/h15-22,25H,4-14H2,1-3H3/t15?,16?,17?,18?,19?,20?,21?,22?,23-,24-/m0/s1. The van der Waals surface area contributed by atoms with Gasteiger partial charge < -0.3 is 10.1 Å². The zero-order valence-corrected chi connectivity index (χ0v) is 17.8. The van der Waals surface area contributed by atoms with Crippen molar-refractivity contribution in [3.05, 3.63) is 0 Å². The van der Waals surface area contributed by atoms with Gasteiger partial charge in [-0.3, -0.25) is 4.90 Å². The fourth-order valence-electron chi connectivity index (χ4n) is 9.64. The van der Waals surface area contributed by atoms with E-state index in [1.165, 1.54) is 71.1 Å². The van der Waals surface area contributed by atoms with Crippen molar-refractivity contribution in [1.29, 1.82) is 0 Å². The second-order valence-electron chi connectivity index (χ2n) is 11.7. The van der Waals surface area contributed by atoms with Gasteiger partial charge in [0.05, 0.1) is 6.10 Å². The smallest absolute Gasteiger partial charge is 0.100 e. The van der Waals surface area contributed by atoms with Gasteiger partial charge >= 0.3 is 0 Å². The zero-order valence-electron chi connectivity index (χ0n) is 17.8. The number of hydrogen-bond donors (Lipinski definition) is 1. The summed E-state index contributed by atoms with van der Waals surface area (Å²) in [5.41, 5.74) is 1.15. The zero-order chi connectivity index (χ0) is 18.4. The van der Waals surface area contributed by atoms with Gasteiger partial charge in [0, 0.05) is 32.2 Å². The molecule has 2 heterocycles. The summed E-state index contributed by atoms with van der Waals surface area (Å²) >= 11 is 0. The first-order valence-electron chi connectivity index (χ1n) is 12.1. The van der Waals surface area contributed by atoms with Gasteiger partial charge in [0.25, 0.3) is 0 Å². The normalized spacial score (nSPS) is 60.1. The Bertz CT molecular complexity index is 603. The van der Waals surface area contributed by atoms with E-state index in [4.69, 9.17) is 4.74 Å². The molecule has 6 fully saturated rings. The van der Waals surface area contributed by atoms with Crippen molar-refractivity contribution >= 4 is 0 Å². The van der Waals surface area contributed by atoms with Crippen molar-refractivity contribution in [2.45, 2.75) is 84.0 Å². The fourth-order valence-corrected chi connectivity index (χ4v) is 9.64. The molecule has 2 aliphatic heterocycles. The van der Waals surface area contributed by atoms with Crippen LogP contribution in [0.25, 0.3) is 0 Å². The number of nitrogens with zero attached hydrogens (tertiary/aromatic N) is 1. The predicted octanol–water partition coefficient (Wildman–Crippen LogP) is 3.93. The number of nitrogens with one attached hydrogen (secondary N) is 1. The average molecular weight is 373 g/mol.